The van der Waals surface area contributed by atoms with Crippen molar-refractivity contribution in [1.29, 1.82) is 0 Å². The van der Waals surface area contributed by atoms with Crippen molar-refractivity contribution in [3.05, 3.63) is 12.4 Å². The van der Waals surface area contributed by atoms with Crippen LogP contribution in [0.4, 0.5) is 5.95 Å². The number of imidazole rings is 1. The fourth-order valence-corrected chi connectivity index (χ4v) is 1.38. The van der Waals surface area contributed by atoms with E-state index in [1.807, 2.05) is 0 Å². The van der Waals surface area contributed by atoms with E-state index in [-0.39, 0.29) is 18.2 Å². The predicted molar refractivity (Wildman–Crippen MR) is 48.4 cm³/mol. The molecule has 0 radical (unpaired) electrons. The van der Waals surface area contributed by atoms with E-state index in [0.29, 0.717) is 5.95 Å². The number of amides is 2. The van der Waals surface area contributed by atoms with Crippen molar-refractivity contribution in [2.75, 3.05) is 12.4 Å². The number of aromatic amines is 1. The van der Waals surface area contributed by atoms with Crippen molar-refractivity contribution < 1.29 is 9.59 Å². The zero-order valence-electron chi connectivity index (χ0n) is 7.65. The first-order chi connectivity index (χ1) is 6.68. The van der Waals surface area contributed by atoms with Crippen LogP contribution in [0.2, 0.25) is 0 Å². The van der Waals surface area contributed by atoms with Crippen LogP contribution in [0.15, 0.2) is 12.4 Å². The number of nitrogens with one attached hydrogen (secondary N) is 2. The minimum atomic E-state index is -0.487. The normalized spacial score (nSPS) is 21.8. The van der Waals surface area contributed by atoms with Crippen LogP contribution in [-0.2, 0) is 9.59 Å². The second-order valence-corrected chi connectivity index (χ2v) is 3.13. The molecule has 6 heteroatoms. The Balaban J connectivity index is 2.07. The Labute approximate surface area is 80.3 Å². The number of imide groups is 1. The van der Waals surface area contributed by atoms with Crippen molar-refractivity contribution in [3.8, 4) is 0 Å². The molecule has 14 heavy (non-hydrogen) atoms. The maximum atomic E-state index is 11.4. The van der Waals surface area contributed by atoms with Gasteiger partial charge in [-0.25, -0.2) is 4.98 Å². The van der Waals surface area contributed by atoms with E-state index in [0.717, 1.165) is 4.90 Å². The molecule has 0 saturated carbocycles. The van der Waals surface area contributed by atoms with Gasteiger partial charge in [-0.2, -0.15) is 0 Å². The van der Waals surface area contributed by atoms with Gasteiger partial charge in [-0.1, -0.05) is 0 Å². The second-order valence-electron chi connectivity index (χ2n) is 3.13. The number of likely N-dealkylation sites (tertiary alicyclic amines) is 1. The van der Waals surface area contributed by atoms with Crippen LogP contribution < -0.4 is 5.32 Å². The van der Waals surface area contributed by atoms with E-state index in [1.54, 1.807) is 12.4 Å². The standard InChI is InChI=1S/C8H10N4O2/c1-12-6(13)4-5(7(12)14)11-8-9-2-3-10-8/h2-3,5H,4H2,1H3,(H2,9,10,11). The van der Waals surface area contributed by atoms with Gasteiger partial charge in [0.25, 0.3) is 5.91 Å². The lowest BCUT2D eigenvalue weighted by Gasteiger charge is -2.09. The zero-order chi connectivity index (χ0) is 10.1. The average molecular weight is 194 g/mol. The third-order valence-electron chi connectivity index (χ3n) is 2.19. The molecule has 1 aromatic rings. The van der Waals surface area contributed by atoms with Crippen molar-refractivity contribution in [1.82, 2.24) is 14.9 Å². The quantitative estimate of drug-likeness (QED) is 0.627. The number of hydrogen-bond acceptors (Lipinski definition) is 4. The number of nitrogens with zero attached hydrogens (tertiary/aromatic N) is 2. The number of likely N-dealkylation sites (N-methyl/N-ethyl adjacent to an activating group) is 1. The van der Waals surface area contributed by atoms with E-state index < -0.39 is 6.04 Å². The third-order valence-corrected chi connectivity index (χ3v) is 2.19. The molecule has 0 aliphatic carbocycles. The van der Waals surface area contributed by atoms with E-state index in [9.17, 15) is 9.59 Å². The van der Waals surface area contributed by atoms with Crippen LogP contribution in [0.1, 0.15) is 6.42 Å². The molecule has 0 aromatic carbocycles. The molecule has 0 bridgehead atoms. The van der Waals surface area contributed by atoms with Gasteiger partial charge < -0.3 is 10.3 Å². The highest BCUT2D eigenvalue weighted by Crippen LogP contribution is 2.13. The third kappa shape index (κ3) is 1.34. The van der Waals surface area contributed by atoms with Gasteiger partial charge in [0.2, 0.25) is 11.9 Å². The molecule has 2 amide bonds. The summed E-state index contributed by atoms with van der Waals surface area (Å²) in [6.07, 6.45) is 3.41. The van der Waals surface area contributed by atoms with E-state index in [1.165, 1.54) is 7.05 Å². The van der Waals surface area contributed by atoms with Gasteiger partial charge in [-0.05, 0) is 0 Å². The Bertz CT molecular complexity index is 359. The molecule has 6 nitrogen and oxygen atoms in total. The van der Waals surface area contributed by atoms with Gasteiger partial charge in [0.05, 0.1) is 6.42 Å². The maximum Gasteiger partial charge on any atom is 0.252 e. The molecule has 1 atom stereocenters. The molecule has 2 heterocycles. The highest BCUT2D eigenvalue weighted by Gasteiger charge is 2.36. The number of carbonyl (C=O) groups excluding carboxylic acids is 2. The van der Waals surface area contributed by atoms with Gasteiger partial charge in [-0.3, -0.25) is 14.5 Å². The van der Waals surface area contributed by atoms with E-state index >= 15 is 0 Å². The van der Waals surface area contributed by atoms with Crippen molar-refractivity contribution in [2.45, 2.75) is 12.5 Å². The number of hydrogen-bond donors (Lipinski definition) is 2. The van der Waals surface area contributed by atoms with Crippen LogP contribution in [0, 0.1) is 0 Å². The monoisotopic (exact) mass is 194 g/mol. The van der Waals surface area contributed by atoms with E-state index in [2.05, 4.69) is 15.3 Å². The molecular formula is C8H10N4O2. The number of H-pyrrole nitrogens is 1. The topological polar surface area (TPSA) is 78.1 Å². The summed E-state index contributed by atoms with van der Waals surface area (Å²) in [5.41, 5.74) is 0. The number of carbonyl (C=O) groups is 2. The molecule has 74 valence electrons. The first-order valence-corrected chi connectivity index (χ1v) is 4.25. The first-order valence-electron chi connectivity index (χ1n) is 4.25. The van der Waals surface area contributed by atoms with Crippen LogP contribution in [0.25, 0.3) is 0 Å². The molecule has 1 aliphatic rings. The Morgan fingerprint density at radius 3 is 2.93 bits per heavy atom. The second kappa shape index (κ2) is 3.13. The minimum Gasteiger partial charge on any atom is -0.343 e. The fraction of sp³-hybridized carbons (Fsp3) is 0.375. The Hall–Kier alpha value is -1.85. The van der Waals surface area contributed by atoms with Gasteiger partial charge in [0.1, 0.15) is 6.04 Å². The summed E-state index contributed by atoms with van der Waals surface area (Å²) in [6.45, 7) is 0. The van der Waals surface area contributed by atoms with Gasteiger partial charge >= 0.3 is 0 Å². The Morgan fingerprint density at radius 2 is 2.43 bits per heavy atom. The minimum absolute atomic E-state index is 0.168. The lowest BCUT2D eigenvalue weighted by atomic mass is 10.2. The highest BCUT2D eigenvalue weighted by molar-refractivity contribution is 6.06. The smallest absolute Gasteiger partial charge is 0.252 e. The molecule has 1 saturated heterocycles. The molecule has 1 aliphatic heterocycles. The van der Waals surface area contributed by atoms with Crippen molar-refractivity contribution in [3.63, 3.8) is 0 Å². The summed E-state index contributed by atoms with van der Waals surface area (Å²) in [4.78, 5) is 30.5. The SMILES string of the molecule is CN1C(=O)CC(Nc2ncc[nH]2)C1=O. The molecular weight excluding hydrogens is 184 g/mol. The molecule has 1 fully saturated rings. The number of rotatable bonds is 2. The first kappa shape index (κ1) is 8.74. The molecule has 2 N–H and O–H groups in total. The summed E-state index contributed by atoms with van der Waals surface area (Å²) < 4.78 is 0. The largest absolute Gasteiger partial charge is 0.343 e. The number of aromatic nitrogens is 2. The lowest BCUT2D eigenvalue weighted by molar-refractivity contribution is -0.136. The zero-order valence-corrected chi connectivity index (χ0v) is 7.65. The number of anilines is 1. The van der Waals surface area contributed by atoms with Crippen LogP contribution in [0.5, 0.6) is 0 Å². The van der Waals surface area contributed by atoms with Crippen LogP contribution in [0.3, 0.4) is 0 Å². The van der Waals surface area contributed by atoms with Gasteiger partial charge in [0.15, 0.2) is 0 Å². The highest BCUT2D eigenvalue weighted by atomic mass is 16.2. The van der Waals surface area contributed by atoms with E-state index in [4.69, 9.17) is 0 Å². The van der Waals surface area contributed by atoms with Gasteiger partial charge in [-0.15, -0.1) is 0 Å². The van der Waals surface area contributed by atoms with Crippen molar-refractivity contribution in [2.24, 2.45) is 0 Å². The molecule has 1 unspecified atom stereocenters. The average Bonchev–Trinajstić information content (AvgIpc) is 2.73. The summed E-state index contributed by atoms with van der Waals surface area (Å²) in [5.74, 6) is 0.122. The maximum absolute atomic E-state index is 11.4. The molecule has 1 aromatic heterocycles. The van der Waals surface area contributed by atoms with Crippen LogP contribution >= 0.6 is 0 Å². The Kier molecular flexibility index (Phi) is 1.95. The van der Waals surface area contributed by atoms with Crippen molar-refractivity contribution >= 4 is 17.8 Å². The molecule has 0 spiro atoms. The summed E-state index contributed by atoms with van der Waals surface area (Å²) >= 11 is 0. The predicted octanol–water partition coefficient (Wildman–Crippen LogP) is -0.421. The summed E-state index contributed by atoms with van der Waals surface area (Å²) in [7, 11) is 1.48. The Morgan fingerprint density at radius 1 is 1.64 bits per heavy atom. The fourth-order valence-electron chi connectivity index (χ4n) is 1.38. The molecule has 2 rings (SSSR count). The summed E-state index contributed by atoms with van der Waals surface area (Å²) in [6, 6.07) is -0.487. The van der Waals surface area contributed by atoms with Crippen LogP contribution in [-0.4, -0.2) is 39.8 Å². The van der Waals surface area contributed by atoms with Gasteiger partial charge in [0, 0.05) is 19.4 Å². The lowest BCUT2D eigenvalue weighted by Crippen LogP contribution is -2.32. The summed E-state index contributed by atoms with van der Waals surface area (Å²) in [5, 5.41) is 2.85.